The number of aromatic nitrogens is 1. The normalized spacial score (nSPS) is 21.3. The predicted molar refractivity (Wildman–Crippen MR) is 149 cm³/mol. The number of amides is 1. The number of aliphatic imine (C=N–C) groups is 1. The Morgan fingerprint density at radius 1 is 1.06 bits per heavy atom. The lowest BCUT2D eigenvalue weighted by molar-refractivity contribution is -0.133. The third-order valence-corrected chi connectivity index (χ3v) is 9.20. The van der Waals surface area contributed by atoms with E-state index >= 15 is 0 Å². The molecule has 0 spiro atoms. The van der Waals surface area contributed by atoms with Crippen molar-refractivity contribution in [3.8, 4) is 0 Å². The first kappa shape index (κ1) is 25.4. The third-order valence-electron chi connectivity index (χ3n) is 7.89. The number of benzene rings is 1. The van der Waals surface area contributed by atoms with Crippen LogP contribution < -0.4 is 0 Å². The van der Waals surface area contributed by atoms with Gasteiger partial charge in [-0.3, -0.25) is 19.7 Å². The zero-order chi connectivity index (χ0) is 24.5. The molecule has 3 aliphatic rings. The lowest BCUT2D eigenvalue weighted by atomic mass is 9.76. The highest BCUT2D eigenvalue weighted by molar-refractivity contribution is 9.10. The molecular formula is C27H31Br2ClN4O. The number of aryl methyl sites for hydroxylation is 2. The van der Waals surface area contributed by atoms with Crippen LogP contribution in [0.5, 0.6) is 0 Å². The van der Waals surface area contributed by atoms with Crippen molar-refractivity contribution in [2.45, 2.75) is 44.4 Å². The van der Waals surface area contributed by atoms with Crippen LogP contribution in [0.15, 0.2) is 38.3 Å². The Kier molecular flexibility index (Phi) is 7.97. The number of halogens is 3. The number of carbonyl (C=O) groups is 1. The first-order valence-electron chi connectivity index (χ1n) is 12.5. The number of rotatable bonds is 3. The standard InChI is InChI=1S/C27H31Br2ClN4O/c1-31-22-6-8-33(9-7-22)16-24(35)34-10-4-17(5-11-34)26-25-18(13-21(30)14-23(25)29)2-3-19-12-20(28)15-32-27(19)26/h12-15,17,26H,2-11,16H2,1H3/t26-/m1/s1. The summed E-state index contributed by atoms with van der Waals surface area (Å²) < 4.78 is 2.09. The second kappa shape index (κ2) is 11.0. The fraction of sp³-hybridized carbons (Fsp3) is 0.519. The number of pyridine rings is 1. The topological polar surface area (TPSA) is 48.8 Å². The fourth-order valence-corrected chi connectivity index (χ4v) is 7.50. The van der Waals surface area contributed by atoms with Gasteiger partial charge in [0.1, 0.15) is 0 Å². The number of piperidine rings is 2. The molecule has 0 unspecified atom stereocenters. The summed E-state index contributed by atoms with van der Waals surface area (Å²) in [6, 6.07) is 6.37. The van der Waals surface area contributed by atoms with Crippen LogP contribution in [0.1, 0.15) is 54.0 Å². The number of likely N-dealkylation sites (tertiary alicyclic amines) is 2. The smallest absolute Gasteiger partial charge is 0.236 e. The van der Waals surface area contributed by atoms with Gasteiger partial charge in [-0.25, -0.2) is 0 Å². The molecule has 1 aromatic heterocycles. The van der Waals surface area contributed by atoms with E-state index in [9.17, 15) is 4.79 Å². The highest BCUT2D eigenvalue weighted by atomic mass is 79.9. The van der Waals surface area contributed by atoms with Crippen molar-refractivity contribution in [1.29, 1.82) is 0 Å². The number of nitrogens with zero attached hydrogens (tertiary/aromatic N) is 4. The van der Waals surface area contributed by atoms with Crippen molar-refractivity contribution < 1.29 is 4.79 Å². The van der Waals surface area contributed by atoms with Crippen LogP contribution in [0.25, 0.3) is 0 Å². The maximum Gasteiger partial charge on any atom is 0.236 e. The quantitative estimate of drug-likeness (QED) is 0.429. The van der Waals surface area contributed by atoms with Crippen LogP contribution in [-0.4, -0.2) is 66.2 Å². The van der Waals surface area contributed by atoms with Gasteiger partial charge in [0.2, 0.25) is 5.91 Å². The minimum absolute atomic E-state index is 0.202. The molecule has 0 N–H and O–H groups in total. The molecular weight excluding hydrogens is 592 g/mol. The lowest BCUT2D eigenvalue weighted by Gasteiger charge is -2.38. The van der Waals surface area contributed by atoms with Gasteiger partial charge in [-0.05, 0) is 95.3 Å². The SMILES string of the molecule is CN=C1CCN(CC(=O)N2CCC([C@H]3c4ncc(Br)cc4CCc4cc(Cl)cc(Br)c43)CC2)CC1. The molecule has 0 saturated carbocycles. The predicted octanol–water partition coefficient (Wildman–Crippen LogP) is 5.90. The molecule has 5 nitrogen and oxygen atoms in total. The van der Waals surface area contributed by atoms with E-state index in [0.717, 1.165) is 78.7 Å². The third kappa shape index (κ3) is 5.53. The Labute approximate surface area is 229 Å². The highest BCUT2D eigenvalue weighted by Crippen LogP contribution is 2.46. The van der Waals surface area contributed by atoms with Gasteiger partial charge in [0.05, 0.1) is 12.2 Å². The molecule has 1 aliphatic carbocycles. The van der Waals surface area contributed by atoms with Crippen LogP contribution in [-0.2, 0) is 17.6 Å². The zero-order valence-corrected chi connectivity index (χ0v) is 24.0. The van der Waals surface area contributed by atoms with Crippen LogP contribution in [0.4, 0.5) is 0 Å². The Bertz CT molecular complexity index is 1140. The van der Waals surface area contributed by atoms with Gasteiger partial charge in [0, 0.05) is 65.0 Å². The van der Waals surface area contributed by atoms with E-state index in [0.29, 0.717) is 12.5 Å². The number of fused-ring (bicyclic) bond motifs is 2. The summed E-state index contributed by atoms with van der Waals surface area (Å²) in [6.07, 6.45) is 7.75. The van der Waals surface area contributed by atoms with E-state index in [1.807, 2.05) is 19.3 Å². The summed E-state index contributed by atoms with van der Waals surface area (Å²) in [6.45, 7) is 4.00. The molecule has 0 radical (unpaired) electrons. The summed E-state index contributed by atoms with van der Waals surface area (Å²) in [5.74, 6) is 0.893. The summed E-state index contributed by atoms with van der Waals surface area (Å²) in [7, 11) is 1.87. The fourth-order valence-electron chi connectivity index (χ4n) is 6.00. The van der Waals surface area contributed by atoms with Gasteiger partial charge in [-0.15, -0.1) is 0 Å². The van der Waals surface area contributed by atoms with Gasteiger partial charge in [-0.2, -0.15) is 0 Å². The highest BCUT2D eigenvalue weighted by Gasteiger charge is 2.36. The van der Waals surface area contributed by atoms with Gasteiger partial charge in [0.15, 0.2) is 0 Å². The number of carbonyl (C=O) groups excluding carboxylic acids is 1. The molecule has 35 heavy (non-hydrogen) atoms. The van der Waals surface area contributed by atoms with Gasteiger partial charge < -0.3 is 4.90 Å². The molecule has 5 rings (SSSR count). The molecule has 2 aliphatic heterocycles. The van der Waals surface area contributed by atoms with Crippen LogP contribution in [0, 0.1) is 5.92 Å². The molecule has 1 amide bonds. The van der Waals surface area contributed by atoms with E-state index in [-0.39, 0.29) is 11.8 Å². The molecule has 1 atom stereocenters. The van der Waals surface area contributed by atoms with Crippen LogP contribution in [0.2, 0.25) is 5.02 Å². The molecule has 3 heterocycles. The van der Waals surface area contributed by atoms with Crippen molar-refractivity contribution >= 4 is 55.1 Å². The second-order valence-electron chi connectivity index (χ2n) is 9.92. The summed E-state index contributed by atoms with van der Waals surface area (Å²) >= 11 is 13.9. The van der Waals surface area contributed by atoms with Crippen molar-refractivity contribution in [3.63, 3.8) is 0 Å². The maximum absolute atomic E-state index is 13.1. The van der Waals surface area contributed by atoms with Crippen LogP contribution >= 0.6 is 43.5 Å². The van der Waals surface area contributed by atoms with Crippen molar-refractivity contribution in [2.24, 2.45) is 10.9 Å². The maximum atomic E-state index is 13.1. The van der Waals surface area contributed by atoms with E-state index in [2.05, 4.69) is 58.8 Å². The van der Waals surface area contributed by atoms with Crippen molar-refractivity contribution in [2.75, 3.05) is 39.8 Å². The number of hydrogen-bond acceptors (Lipinski definition) is 4. The minimum atomic E-state index is 0.202. The van der Waals surface area contributed by atoms with Crippen molar-refractivity contribution in [1.82, 2.24) is 14.8 Å². The molecule has 0 bridgehead atoms. The Morgan fingerprint density at radius 3 is 2.49 bits per heavy atom. The first-order chi connectivity index (χ1) is 16.9. The van der Waals surface area contributed by atoms with Gasteiger partial charge in [-0.1, -0.05) is 27.5 Å². The summed E-state index contributed by atoms with van der Waals surface area (Å²) in [5, 5.41) is 0.768. The van der Waals surface area contributed by atoms with E-state index < -0.39 is 0 Å². The first-order valence-corrected chi connectivity index (χ1v) is 14.5. The lowest BCUT2D eigenvalue weighted by Crippen LogP contribution is -2.46. The van der Waals surface area contributed by atoms with Crippen molar-refractivity contribution in [3.05, 3.63) is 60.7 Å². The Morgan fingerprint density at radius 2 is 1.77 bits per heavy atom. The second-order valence-corrected chi connectivity index (χ2v) is 12.1. The number of hydrogen-bond donors (Lipinski definition) is 0. The van der Waals surface area contributed by atoms with E-state index in [4.69, 9.17) is 16.6 Å². The summed E-state index contributed by atoms with van der Waals surface area (Å²) in [5.41, 5.74) is 6.40. The van der Waals surface area contributed by atoms with Gasteiger partial charge in [0.25, 0.3) is 0 Å². The Balaban J connectivity index is 1.33. The molecule has 186 valence electrons. The Hall–Kier alpha value is -1.28. The average molecular weight is 623 g/mol. The molecule has 8 heteroatoms. The van der Waals surface area contributed by atoms with E-state index in [1.54, 1.807) is 0 Å². The minimum Gasteiger partial charge on any atom is -0.342 e. The monoisotopic (exact) mass is 620 g/mol. The van der Waals surface area contributed by atoms with Gasteiger partial charge >= 0.3 is 0 Å². The largest absolute Gasteiger partial charge is 0.342 e. The van der Waals surface area contributed by atoms with E-state index in [1.165, 1.54) is 28.1 Å². The zero-order valence-electron chi connectivity index (χ0n) is 20.1. The molecule has 1 aromatic carbocycles. The molecule has 2 fully saturated rings. The molecule has 2 aromatic rings. The van der Waals surface area contributed by atoms with Crippen LogP contribution in [0.3, 0.4) is 0 Å². The molecule has 2 saturated heterocycles. The summed E-state index contributed by atoms with van der Waals surface area (Å²) in [4.78, 5) is 26.7. The average Bonchev–Trinajstić information content (AvgIpc) is 3.01.